The van der Waals surface area contributed by atoms with Gasteiger partial charge < -0.3 is 44.1 Å². The lowest BCUT2D eigenvalue weighted by Gasteiger charge is -2.43. The predicted molar refractivity (Wildman–Crippen MR) is 149 cm³/mol. The first-order valence-corrected chi connectivity index (χ1v) is 14.1. The maximum atomic E-state index is 13.8. The van der Waals surface area contributed by atoms with Crippen molar-refractivity contribution < 1.29 is 68.1 Å². The lowest BCUT2D eigenvalue weighted by molar-refractivity contribution is -0.272. The second-order valence-corrected chi connectivity index (χ2v) is 11.2. The molecule has 1 heterocycles. The topological polar surface area (TPSA) is 212 Å². The molecule has 0 aromatic heterocycles. The summed E-state index contributed by atoms with van der Waals surface area (Å²) in [7, 11) is 1.30. The summed E-state index contributed by atoms with van der Waals surface area (Å²) in [5.41, 5.74) is -4.04. The van der Waals surface area contributed by atoms with Crippen LogP contribution in [0.15, 0.2) is 18.2 Å². The summed E-state index contributed by atoms with van der Waals surface area (Å²) in [6.45, 7) is 2.80. The molecule has 3 aliphatic rings. The molecule has 2 aliphatic carbocycles. The van der Waals surface area contributed by atoms with E-state index in [0.717, 1.165) is 6.92 Å². The quantitative estimate of drug-likeness (QED) is 0.214. The third kappa shape index (κ3) is 5.43. The average Bonchev–Trinajstić information content (AvgIpc) is 2.97. The lowest BCUT2D eigenvalue weighted by atomic mass is 9.72. The van der Waals surface area contributed by atoms with E-state index in [9.17, 15) is 44.4 Å². The lowest BCUT2D eigenvalue weighted by Crippen LogP contribution is -2.52. The van der Waals surface area contributed by atoms with E-state index in [1.807, 2.05) is 0 Å². The molecule has 0 spiro atoms. The van der Waals surface area contributed by atoms with Gasteiger partial charge in [0.05, 0.1) is 36.0 Å². The maximum Gasteiger partial charge on any atom is 0.303 e. The van der Waals surface area contributed by atoms with Gasteiger partial charge in [-0.25, -0.2) is 0 Å². The Morgan fingerprint density at radius 2 is 1.67 bits per heavy atom. The molecule has 240 valence electrons. The number of carbonyl (C=O) groups excluding carboxylic acids is 5. The molecule has 2 aromatic rings. The van der Waals surface area contributed by atoms with Gasteiger partial charge in [0.2, 0.25) is 5.78 Å². The summed E-state index contributed by atoms with van der Waals surface area (Å²) in [4.78, 5) is 63.7. The molecule has 5 rings (SSSR count). The van der Waals surface area contributed by atoms with Crippen LogP contribution in [0.25, 0.3) is 0 Å². The number of aliphatic hydroxyl groups excluding tert-OH is 1. The highest BCUT2D eigenvalue weighted by molar-refractivity contribution is 6.31. The molecule has 1 aliphatic heterocycles. The number of ketones is 3. The third-order valence-electron chi connectivity index (χ3n) is 8.29. The number of phenols is 2. The molecule has 2 aromatic carbocycles. The van der Waals surface area contributed by atoms with E-state index >= 15 is 0 Å². The molecule has 0 saturated carbocycles. The number of benzene rings is 2. The zero-order valence-corrected chi connectivity index (χ0v) is 24.8. The molecule has 1 saturated heterocycles. The molecule has 14 heteroatoms. The molecule has 0 amide bonds. The Morgan fingerprint density at radius 3 is 2.29 bits per heavy atom. The van der Waals surface area contributed by atoms with E-state index in [0.29, 0.717) is 0 Å². The average molecular weight is 629 g/mol. The SMILES string of the molecule is COc1cccc2c1C(=O)c1c(O)c3c(c(O)c1C2=O)C[C@@](O)(C(=O)CO)C[C@H]3O[C@H]1C[C@@H](OC(C)=O)[C@@H](OC(C)=O)[C@@H](C)O1. The fraction of sp³-hybridized carbons (Fsp3) is 0.452. The fourth-order valence-electron chi connectivity index (χ4n) is 6.36. The van der Waals surface area contributed by atoms with Crippen LogP contribution in [0.1, 0.15) is 82.7 Å². The Hall–Kier alpha value is -4.37. The second-order valence-electron chi connectivity index (χ2n) is 11.2. The Morgan fingerprint density at radius 1 is 1.00 bits per heavy atom. The van der Waals surface area contributed by atoms with Gasteiger partial charge in [-0.15, -0.1) is 0 Å². The number of phenolic OH excluding ortho intramolecular Hbond substituents is 2. The van der Waals surface area contributed by atoms with E-state index in [1.165, 1.54) is 39.2 Å². The van der Waals surface area contributed by atoms with E-state index in [4.69, 9.17) is 23.7 Å². The first kappa shape index (κ1) is 32.0. The molecular weight excluding hydrogens is 596 g/mol. The van der Waals surface area contributed by atoms with Crippen LogP contribution >= 0.6 is 0 Å². The summed E-state index contributed by atoms with van der Waals surface area (Å²) in [6.07, 6.45) is -7.02. The van der Waals surface area contributed by atoms with Crippen LogP contribution in [-0.4, -0.2) is 93.6 Å². The summed E-state index contributed by atoms with van der Waals surface area (Å²) in [5, 5.41) is 44.1. The Bertz CT molecular complexity index is 1610. The number of Topliss-reactive ketones (excluding diaryl/α,β-unsaturated/α-hetero) is 1. The molecule has 4 N–H and O–H groups in total. The number of hydrogen-bond donors (Lipinski definition) is 4. The van der Waals surface area contributed by atoms with Crippen LogP contribution < -0.4 is 4.74 Å². The van der Waals surface area contributed by atoms with Crippen molar-refractivity contribution in [2.75, 3.05) is 13.7 Å². The van der Waals surface area contributed by atoms with E-state index in [-0.39, 0.29) is 34.4 Å². The van der Waals surface area contributed by atoms with Gasteiger partial charge in [-0.1, -0.05) is 12.1 Å². The van der Waals surface area contributed by atoms with Crippen LogP contribution in [-0.2, 0) is 39.8 Å². The molecule has 6 atom stereocenters. The number of esters is 2. The number of ether oxygens (including phenoxy) is 5. The third-order valence-corrected chi connectivity index (χ3v) is 8.29. The van der Waals surface area contributed by atoms with Crippen LogP contribution in [0.3, 0.4) is 0 Å². The highest BCUT2D eigenvalue weighted by Crippen LogP contribution is 2.52. The Kier molecular flexibility index (Phi) is 8.44. The van der Waals surface area contributed by atoms with Crippen molar-refractivity contribution in [1.29, 1.82) is 0 Å². The zero-order chi connectivity index (χ0) is 33.0. The first-order chi connectivity index (χ1) is 21.2. The minimum atomic E-state index is -2.33. The highest BCUT2D eigenvalue weighted by atomic mass is 16.7. The maximum absolute atomic E-state index is 13.8. The van der Waals surface area contributed by atoms with Crippen LogP contribution in [0.5, 0.6) is 17.2 Å². The normalized spacial score (nSPS) is 27.1. The van der Waals surface area contributed by atoms with Crippen molar-refractivity contribution in [3.05, 3.63) is 51.6 Å². The molecule has 0 unspecified atom stereocenters. The van der Waals surface area contributed by atoms with Gasteiger partial charge in [0.15, 0.2) is 24.0 Å². The van der Waals surface area contributed by atoms with Gasteiger partial charge in [-0.2, -0.15) is 0 Å². The van der Waals surface area contributed by atoms with Gasteiger partial charge in [-0.3, -0.25) is 24.0 Å². The van der Waals surface area contributed by atoms with E-state index < -0.39 is 108 Å². The number of aromatic hydroxyl groups is 2. The van der Waals surface area contributed by atoms with Gasteiger partial charge in [-0.05, 0) is 13.0 Å². The van der Waals surface area contributed by atoms with E-state index in [1.54, 1.807) is 0 Å². The number of carbonyl (C=O) groups is 5. The number of rotatable bonds is 7. The Balaban J connectivity index is 1.62. The fourth-order valence-corrected chi connectivity index (χ4v) is 6.36. The minimum Gasteiger partial charge on any atom is -0.507 e. The second kappa shape index (κ2) is 11.9. The summed E-state index contributed by atoms with van der Waals surface area (Å²) < 4.78 is 28.0. The van der Waals surface area contributed by atoms with Crippen molar-refractivity contribution in [2.24, 2.45) is 0 Å². The van der Waals surface area contributed by atoms with Crippen molar-refractivity contribution >= 4 is 29.3 Å². The van der Waals surface area contributed by atoms with Crippen LogP contribution in [0.2, 0.25) is 0 Å². The monoisotopic (exact) mass is 628 g/mol. The number of hydrogen-bond acceptors (Lipinski definition) is 14. The van der Waals surface area contributed by atoms with Gasteiger partial charge in [0, 0.05) is 49.8 Å². The van der Waals surface area contributed by atoms with E-state index in [2.05, 4.69) is 0 Å². The number of methoxy groups -OCH3 is 1. The molecule has 14 nitrogen and oxygen atoms in total. The highest BCUT2D eigenvalue weighted by Gasteiger charge is 2.51. The smallest absolute Gasteiger partial charge is 0.303 e. The molecule has 0 bridgehead atoms. The van der Waals surface area contributed by atoms with Crippen molar-refractivity contribution in [3.8, 4) is 17.2 Å². The van der Waals surface area contributed by atoms with Crippen molar-refractivity contribution in [3.63, 3.8) is 0 Å². The largest absolute Gasteiger partial charge is 0.507 e. The minimum absolute atomic E-state index is 0.0623. The first-order valence-electron chi connectivity index (χ1n) is 14.1. The number of aliphatic hydroxyl groups is 2. The molecule has 45 heavy (non-hydrogen) atoms. The summed E-state index contributed by atoms with van der Waals surface area (Å²) in [5.74, 6) is -5.40. The molecule has 1 fully saturated rings. The van der Waals surface area contributed by atoms with Gasteiger partial charge in [0.1, 0.15) is 35.6 Å². The van der Waals surface area contributed by atoms with Crippen molar-refractivity contribution in [1.82, 2.24) is 0 Å². The van der Waals surface area contributed by atoms with Gasteiger partial charge in [0.25, 0.3) is 0 Å². The predicted octanol–water partition coefficient (Wildman–Crippen LogP) is 1.18. The van der Waals surface area contributed by atoms with Crippen LogP contribution in [0, 0.1) is 0 Å². The van der Waals surface area contributed by atoms with Crippen LogP contribution in [0.4, 0.5) is 0 Å². The standard InChI is InChI=1S/C31H32O14/c1-12-30(44-14(3)34)18(43-13(2)33)8-21(42-12)45-19-10-31(40,20(35)11-32)9-16-23(19)29(39)25-24(27(16)37)26(36)15-6-5-7-17(41-4)22(15)28(25)38/h5-7,12,18-19,21,30,32,37,39-40H,8-11H2,1-4H3/t12-,18-,19-,21+,30+,31+/m1/s1. The number of fused-ring (bicyclic) bond motifs is 3. The molecule has 0 radical (unpaired) electrons. The summed E-state index contributed by atoms with van der Waals surface area (Å²) in [6, 6.07) is 4.30. The van der Waals surface area contributed by atoms with Crippen molar-refractivity contribution in [2.45, 2.75) is 76.3 Å². The molecular formula is C31H32O14. The Labute approximate surface area is 256 Å². The summed E-state index contributed by atoms with van der Waals surface area (Å²) >= 11 is 0. The van der Waals surface area contributed by atoms with Gasteiger partial charge >= 0.3 is 11.9 Å². The zero-order valence-electron chi connectivity index (χ0n) is 24.8.